The van der Waals surface area contributed by atoms with Crippen molar-refractivity contribution in [2.75, 3.05) is 38.8 Å². The number of benzene rings is 1. The summed E-state index contributed by atoms with van der Waals surface area (Å²) in [5.74, 6) is 1.08. The molecule has 10 heteroatoms. The van der Waals surface area contributed by atoms with Crippen LogP contribution in [0.2, 0.25) is 0 Å². The molecule has 1 aromatic carbocycles. The minimum atomic E-state index is -3.19. The third-order valence-electron chi connectivity index (χ3n) is 5.01. The smallest absolute Gasteiger partial charge is 0.323 e. The predicted octanol–water partition coefficient (Wildman–Crippen LogP) is 2.04. The van der Waals surface area contributed by atoms with Gasteiger partial charge in [0.1, 0.15) is 5.75 Å². The van der Waals surface area contributed by atoms with E-state index in [-0.39, 0.29) is 12.1 Å². The molecule has 2 aromatic rings. The highest BCUT2D eigenvalue weighted by molar-refractivity contribution is 7.88. The Balaban J connectivity index is 1.59. The van der Waals surface area contributed by atoms with E-state index in [1.807, 2.05) is 24.3 Å². The Morgan fingerprint density at radius 1 is 1.24 bits per heavy atom. The zero-order valence-electron chi connectivity index (χ0n) is 16.7. The van der Waals surface area contributed by atoms with Crippen LogP contribution in [0.3, 0.4) is 0 Å². The van der Waals surface area contributed by atoms with E-state index in [1.165, 1.54) is 16.8 Å². The number of piperidine rings is 1. The van der Waals surface area contributed by atoms with Crippen LogP contribution in [0, 0.1) is 0 Å². The van der Waals surface area contributed by atoms with Gasteiger partial charge >= 0.3 is 6.03 Å². The molecule has 1 N–H and O–H groups in total. The molecule has 1 saturated heterocycles. The van der Waals surface area contributed by atoms with Gasteiger partial charge in [-0.1, -0.05) is 12.1 Å². The van der Waals surface area contributed by atoms with Crippen molar-refractivity contribution in [1.82, 2.24) is 19.2 Å². The number of rotatable bonds is 5. The number of hydrogen-bond donors (Lipinski definition) is 1. The van der Waals surface area contributed by atoms with Crippen molar-refractivity contribution in [2.24, 2.45) is 0 Å². The van der Waals surface area contributed by atoms with Crippen molar-refractivity contribution in [2.45, 2.75) is 18.9 Å². The number of urea groups is 1. The Kier molecular flexibility index (Phi) is 6.33. The van der Waals surface area contributed by atoms with Gasteiger partial charge in [-0.15, -0.1) is 0 Å². The normalized spacial score (nSPS) is 15.7. The third-order valence-corrected chi connectivity index (χ3v) is 6.32. The lowest BCUT2D eigenvalue weighted by Gasteiger charge is -2.35. The number of anilines is 1. The van der Waals surface area contributed by atoms with E-state index in [1.54, 1.807) is 25.3 Å². The number of methoxy groups -OCH3 is 1. The molecule has 0 spiro atoms. The molecule has 0 aliphatic carbocycles. The Labute approximate surface area is 170 Å². The van der Waals surface area contributed by atoms with Crippen LogP contribution >= 0.6 is 0 Å². The fourth-order valence-corrected chi connectivity index (χ4v) is 4.12. The molecule has 1 aromatic heterocycles. The first-order valence-corrected chi connectivity index (χ1v) is 11.1. The van der Waals surface area contributed by atoms with Crippen molar-refractivity contribution < 1.29 is 17.9 Å². The van der Waals surface area contributed by atoms with Crippen LogP contribution in [0.4, 0.5) is 10.6 Å². The van der Waals surface area contributed by atoms with Gasteiger partial charge in [0.25, 0.3) is 0 Å². The highest BCUT2D eigenvalue weighted by atomic mass is 32.2. The second-order valence-corrected chi connectivity index (χ2v) is 8.94. The van der Waals surface area contributed by atoms with E-state index in [9.17, 15) is 13.2 Å². The molecule has 2 amide bonds. The highest BCUT2D eigenvalue weighted by Gasteiger charge is 2.29. The van der Waals surface area contributed by atoms with Gasteiger partial charge in [-0.3, -0.25) is 10.3 Å². The maximum absolute atomic E-state index is 12.5. The molecule has 1 aliphatic heterocycles. The lowest BCUT2D eigenvalue weighted by atomic mass is 10.1. The molecule has 2 heterocycles. The number of hydrogen-bond acceptors (Lipinski definition) is 6. The number of ether oxygens (including phenoxy) is 1. The fourth-order valence-electron chi connectivity index (χ4n) is 3.25. The van der Waals surface area contributed by atoms with Crippen molar-refractivity contribution in [1.29, 1.82) is 0 Å². The first-order chi connectivity index (χ1) is 13.8. The second kappa shape index (κ2) is 8.75. The summed E-state index contributed by atoms with van der Waals surface area (Å²) in [4.78, 5) is 22.8. The monoisotopic (exact) mass is 419 g/mol. The van der Waals surface area contributed by atoms with E-state index >= 15 is 0 Å². The maximum Gasteiger partial charge on any atom is 0.323 e. The van der Waals surface area contributed by atoms with Crippen molar-refractivity contribution in [3.05, 3.63) is 36.7 Å². The maximum atomic E-state index is 12.5. The standard InChI is InChI=1S/C19H25N5O4S/c1-23(15-7-9-24(10-8-15)29(3,26)27)19(25)22-18-13-20-17(12-21-18)14-5-4-6-16(11-14)28-2/h4-6,11-13,15H,7-10H2,1-3H3,(H,21,22,25). The van der Waals surface area contributed by atoms with Crippen LogP contribution in [0.1, 0.15) is 12.8 Å². The minimum absolute atomic E-state index is 0.0305. The number of carbonyl (C=O) groups excluding carboxylic acids is 1. The number of sulfonamides is 1. The van der Waals surface area contributed by atoms with Gasteiger partial charge in [0, 0.05) is 31.7 Å². The molecule has 1 fully saturated rings. The predicted molar refractivity (Wildman–Crippen MR) is 110 cm³/mol. The topological polar surface area (TPSA) is 105 Å². The summed E-state index contributed by atoms with van der Waals surface area (Å²) < 4.78 is 29.9. The van der Waals surface area contributed by atoms with Crippen molar-refractivity contribution in [3.8, 4) is 17.0 Å². The first kappa shape index (κ1) is 21.0. The minimum Gasteiger partial charge on any atom is -0.497 e. The molecule has 1 aliphatic rings. The van der Waals surface area contributed by atoms with E-state index < -0.39 is 10.0 Å². The quantitative estimate of drug-likeness (QED) is 0.795. The largest absolute Gasteiger partial charge is 0.497 e. The first-order valence-electron chi connectivity index (χ1n) is 9.23. The zero-order chi connectivity index (χ0) is 21.0. The highest BCUT2D eigenvalue weighted by Crippen LogP contribution is 2.22. The third kappa shape index (κ3) is 5.21. The summed E-state index contributed by atoms with van der Waals surface area (Å²) in [7, 11) is 0.117. The van der Waals surface area contributed by atoms with Crippen LogP contribution in [0.5, 0.6) is 5.75 Å². The van der Waals surface area contributed by atoms with Gasteiger partial charge < -0.3 is 9.64 Å². The molecule has 0 radical (unpaired) electrons. The number of nitrogens with zero attached hydrogens (tertiary/aromatic N) is 4. The SMILES string of the molecule is COc1cccc(-c2cnc(NC(=O)N(C)C3CCN(S(C)(=O)=O)CC3)cn2)c1. The lowest BCUT2D eigenvalue weighted by Crippen LogP contribution is -2.48. The van der Waals surface area contributed by atoms with E-state index in [2.05, 4.69) is 15.3 Å². The van der Waals surface area contributed by atoms with Crippen molar-refractivity contribution in [3.63, 3.8) is 0 Å². The lowest BCUT2D eigenvalue weighted by molar-refractivity contribution is 0.174. The summed E-state index contributed by atoms with van der Waals surface area (Å²) in [5.41, 5.74) is 1.54. The summed E-state index contributed by atoms with van der Waals surface area (Å²) >= 11 is 0. The molecule has 9 nitrogen and oxygen atoms in total. The molecule has 156 valence electrons. The van der Waals surface area contributed by atoms with E-state index in [4.69, 9.17) is 4.74 Å². The molecule has 0 bridgehead atoms. The Bertz CT molecular complexity index is 957. The van der Waals surface area contributed by atoms with Gasteiger partial charge in [-0.25, -0.2) is 22.5 Å². The average Bonchev–Trinajstić information content (AvgIpc) is 2.73. The molecule has 29 heavy (non-hydrogen) atoms. The van der Waals surface area contributed by atoms with Crippen LogP contribution in [0.15, 0.2) is 36.7 Å². The van der Waals surface area contributed by atoms with Crippen LogP contribution in [-0.2, 0) is 10.0 Å². The van der Waals surface area contributed by atoms with Gasteiger partial charge in [-0.05, 0) is 25.0 Å². The molecule has 0 atom stereocenters. The van der Waals surface area contributed by atoms with Gasteiger partial charge in [-0.2, -0.15) is 0 Å². The fraction of sp³-hybridized carbons (Fsp3) is 0.421. The number of aromatic nitrogens is 2. The second-order valence-electron chi connectivity index (χ2n) is 6.95. The zero-order valence-corrected chi connectivity index (χ0v) is 17.5. The van der Waals surface area contributed by atoms with Crippen molar-refractivity contribution >= 4 is 21.9 Å². The van der Waals surface area contributed by atoms with Gasteiger partial charge in [0.2, 0.25) is 10.0 Å². The Hall–Kier alpha value is -2.72. The van der Waals surface area contributed by atoms with Gasteiger partial charge in [0.15, 0.2) is 5.82 Å². The van der Waals surface area contributed by atoms with Gasteiger partial charge in [0.05, 0.1) is 31.5 Å². The Morgan fingerprint density at radius 3 is 2.55 bits per heavy atom. The number of nitrogens with one attached hydrogen (secondary N) is 1. The summed E-state index contributed by atoms with van der Waals surface area (Å²) in [6.07, 6.45) is 5.49. The van der Waals surface area contributed by atoms with Crippen LogP contribution in [0.25, 0.3) is 11.3 Å². The summed E-state index contributed by atoms with van der Waals surface area (Å²) in [6, 6.07) is 7.15. The number of amides is 2. The van der Waals surface area contributed by atoms with Crippen LogP contribution < -0.4 is 10.1 Å². The number of carbonyl (C=O) groups is 1. The molecule has 3 rings (SSSR count). The summed E-state index contributed by atoms with van der Waals surface area (Å²) in [5, 5.41) is 2.74. The average molecular weight is 420 g/mol. The summed E-state index contributed by atoms with van der Waals surface area (Å²) in [6.45, 7) is 0.826. The van der Waals surface area contributed by atoms with E-state index in [0.717, 1.165) is 11.3 Å². The molecule has 0 saturated carbocycles. The van der Waals surface area contributed by atoms with E-state index in [0.29, 0.717) is 37.4 Å². The molecule has 0 unspecified atom stereocenters. The van der Waals surface area contributed by atoms with Crippen LogP contribution in [-0.4, -0.2) is 73.2 Å². The molecular weight excluding hydrogens is 394 g/mol. The Morgan fingerprint density at radius 2 is 1.97 bits per heavy atom. The molecular formula is C19H25N5O4S.